The Morgan fingerprint density at radius 2 is 1.92 bits per heavy atom. The van der Waals surface area contributed by atoms with Gasteiger partial charge < -0.3 is 4.43 Å². The molecule has 0 bridgehead atoms. The maximum Gasteiger partial charge on any atom is 0.192 e. The van der Waals surface area contributed by atoms with E-state index in [0.717, 1.165) is 12.8 Å². The first kappa shape index (κ1) is 19.1. The molecule has 0 aliphatic heterocycles. The van der Waals surface area contributed by atoms with Crippen molar-refractivity contribution < 1.29 is 9.22 Å². The third-order valence-electron chi connectivity index (χ3n) is 7.53. The maximum atomic E-state index is 12.1. The average molecular weight is 361 g/mol. The van der Waals surface area contributed by atoms with Crippen LogP contribution < -0.4 is 0 Å². The van der Waals surface area contributed by atoms with Crippen molar-refractivity contribution in [3.05, 3.63) is 22.8 Å². The molecule has 0 unspecified atom stereocenters. The van der Waals surface area contributed by atoms with E-state index in [2.05, 4.69) is 47.7 Å². The largest absolute Gasteiger partial charge is 0.414 e. The van der Waals surface area contributed by atoms with Crippen molar-refractivity contribution in [1.29, 1.82) is 0 Å². The standard InChI is InChI=1S/C22H36O2Si/c1-14-8-9-19-15(2)21(24-25(6,7)22(3,4)5)13-17-11-18(23)10-16(17)12-20(14)19/h10,15,17,19,21H,8-9,11-13H2,1-7H3/t15-,17+,19+,21-/m1/s1. The molecule has 3 heteroatoms. The van der Waals surface area contributed by atoms with E-state index in [9.17, 15) is 4.79 Å². The fourth-order valence-electron chi connectivity index (χ4n) is 4.76. The smallest absolute Gasteiger partial charge is 0.192 e. The molecule has 3 rings (SSSR count). The Labute approximate surface area is 155 Å². The molecule has 0 radical (unpaired) electrons. The molecule has 0 saturated heterocycles. The summed E-state index contributed by atoms with van der Waals surface area (Å²) in [5, 5.41) is 0.226. The van der Waals surface area contributed by atoms with Gasteiger partial charge in [0.15, 0.2) is 14.1 Å². The molecule has 0 aromatic rings. The minimum absolute atomic E-state index is 0.226. The zero-order valence-corrected chi connectivity index (χ0v) is 18.2. The zero-order valence-electron chi connectivity index (χ0n) is 17.2. The van der Waals surface area contributed by atoms with E-state index in [0.29, 0.717) is 30.0 Å². The maximum absolute atomic E-state index is 12.1. The van der Waals surface area contributed by atoms with E-state index in [1.807, 2.05) is 6.08 Å². The third kappa shape index (κ3) is 3.59. The number of fused-ring (bicyclic) bond motifs is 2. The lowest BCUT2D eigenvalue weighted by Gasteiger charge is -2.44. The van der Waals surface area contributed by atoms with Gasteiger partial charge in [-0.15, -0.1) is 0 Å². The molecule has 1 saturated carbocycles. The third-order valence-corrected chi connectivity index (χ3v) is 12.0. The second-order valence-corrected chi connectivity index (χ2v) is 15.0. The van der Waals surface area contributed by atoms with Crippen LogP contribution in [0.2, 0.25) is 18.1 Å². The topological polar surface area (TPSA) is 26.3 Å². The Kier molecular flexibility index (Phi) is 4.96. The van der Waals surface area contributed by atoms with Crippen LogP contribution in [0.1, 0.15) is 66.7 Å². The van der Waals surface area contributed by atoms with Gasteiger partial charge in [0.1, 0.15) is 0 Å². The molecule has 0 amide bonds. The summed E-state index contributed by atoms with van der Waals surface area (Å²) in [5.41, 5.74) is 4.59. The first-order valence-corrected chi connectivity index (χ1v) is 13.0. The van der Waals surface area contributed by atoms with E-state index in [1.54, 1.807) is 11.1 Å². The lowest BCUT2D eigenvalue weighted by atomic mass is 9.74. The van der Waals surface area contributed by atoms with Crippen LogP contribution in [0.4, 0.5) is 0 Å². The average Bonchev–Trinajstić information content (AvgIpc) is 2.99. The van der Waals surface area contributed by atoms with Crippen LogP contribution in [-0.4, -0.2) is 20.2 Å². The van der Waals surface area contributed by atoms with Gasteiger partial charge in [-0.25, -0.2) is 0 Å². The van der Waals surface area contributed by atoms with Crippen LogP contribution >= 0.6 is 0 Å². The molecule has 0 heterocycles. The van der Waals surface area contributed by atoms with Gasteiger partial charge in [-0.2, -0.15) is 0 Å². The molecule has 25 heavy (non-hydrogen) atoms. The first-order chi connectivity index (χ1) is 11.5. The normalized spacial score (nSPS) is 33.7. The number of carbonyl (C=O) groups excluding carboxylic acids is 1. The van der Waals surface area contributed by atoms with E-state index in [1.165, 1.54) is 18.4 Å². The Hall–Kier alpha value is -0.673. The number of hydrogen-bond acceptors (Lipinski definition) is 2. The highest BCUT2D eigenvalue weighted by molar-refractivity contribution is 6.74. The highest BCUT2D eigenvalue weighted by Crippen LogP contribution is 2.49. The molecule has 3 aliphatic carbocycles. The lowest BCUT2D eigenvalue weighted by molar-refractivity contribution is -0.114. The summed E-state index contributed by atoms with van der Waals surface area (Å²) in [6.07, 6.45) is 7.52. The van der Waals surface area contributed by atoms with E-state index in [-0.39, 0.29) is 11.1 Å². The van der Waals surface area contributed by atoms with Crippen molar-refractivity contribution in [1.82, 2.24) is 0 Å². The molecule has 1 fully saturated rings. The van der Waals surface area contributed by atoms with Gasteiger partial charge >= 0.3 is 0 Å². The number of carbonyl (C=O) groups is 1. The molecule has 140 valence electrons. The quantitative estimate of drug-likeness (QED) is 0.442. The predicted octanol–water partition coefficient (Wildman–Crippen LogP) is 6.05. The van der Waals surface area contributed by atoms with Crippen molar-refractivity contribution in [3.8, 4) is 0 Å². The summed E-state index contributed by atoms with van der Waals surface area (Å²) in [6.45, 7) is 16.4. The minimum Gasteiger partial charge on any atom is -0.414 e. The van der Waals surface area contributed by atoms with Gasteiger partial charge in [0, 0.05) is 12.5 Å². The molecule has 2 nitrogen and oxygen atoms in total. The Balaban J connectivity index is 1.93. The van der Waals surface area contributed by atoms with Gasteiger partial charge in [0.2, 0.25) is 0 Å². The monoisotopic (exact) mass is 360 g/mol. The van der Waals surface area contributed by atoms with Crippen molar-refractivity contribution in [2.24, 2.45) is 17.8 Å². The van der Waals surface area contributed by atoms with Gasteiger partial charge in [0.25, 0.3) is 0 Å². The molecular weight excluding hydrogens is 324 g/mol. The molecule has 4 atom stereocenters. The summed E-state index contributed by atoms with van der Waals surface area (Å²) in [6, 6.07) is 0. The first-order valence-electron chi connectivity index (χ1n) is 10.1. The Bertz CT molecular complexity index is 620. The van der Waals surface area contributed by atoms with E-state index < -0.39 is 8.32 Å². The van der Waals surface area contributed by atoms with Crippen LogP contribution in [-0.2, 0) is 9.22 Å². The minimum atomic E-state index is -1.82. The SMILES string of the molecule is CC1=C2CC3=CC(=O)C[C@H]3C[C@@H](O[Si](C)(C)C(C)(C)C)[C@H](C)[C@@H]2CC1. The molecule has 0 spiro atoms. The molecular formula is C22H36O2Si. The van der Waals surface area contributed by atoms with Gasteiger partial charge in [-0.3, -0.25) is 4.79 Å². The predicted molar refractivity (Wildman–Crippen MR) is 107 cm³/mol. The molecule has 0 aromatic carbocycles. The molecule has 0 aromatic heterocycles. The van der Waals surface area contributed by atoms with Crippen LogP contribution in [0.3, 0.4) is 0 Å². The lowest BCUT2D eigenvalue weighted by Crippen LogP contribution is -2.47. The fraction of sp³-hybridized carbons (Fsp3) is 0.773. The van der Waals surface area contributed by atoms with E-state index >= 15 is 0 Å². The summed E-state index contributed by atoms with van der Waals surface area (Å²) in [5.74, 6) is 1.94. The molecule has 0 N–H and O–H groups in total. The highest BCUT2D eigenvalue weighted by atomic mass is 28.4. The molecule has 3 aliphatic rings. The number of ketones is 1. The van der Waals surface area contributed by atoms with Crippen molar-refractivity contribution in [2.45, 2.75) is 91.0 Å². The second-order valence-electron chi connectivity index (χ2n) is 10.2. The van der Waals surface area contributed by atoms with Crippen molar-refractivity contribution in [3.63, 3.8) is 0 Å². The summed E-state index contributed by atoms with van der Waals surface area (Å²) in [4.78, 5) is 12.1. The van der Waals surface area contributed by atoms with Gasteiger partial charge in [-0.1, -0.05) is 44.4 Å². The second kappa shape index (κ2) is 6.49. The van der Waals surface area contributed by atoms with Crippen molar-refractivity contribution >= 4 is 14.1 Å². The van der Waals surface area contributed by atoms with Crippen LogP contribution in [0.5, 0.6) is 0 Å². The number of allylic oxidation sites excluding steroid dienone is 4. The summed E-state index contributed by atoms with van der Waals surface area (Å²) in [7, 11) is -1.82. The summed E-state index contributed by atoms with van der Waals surface area (Å²) >= 11 is 0. The Morgan fingerprint density at radius 3 is 2.56 bits per heavy atom. The van der Waals surface area contributed by atoms with Crippen LogP contribution in [0, 0.1) is 17.8 Å². The summed E-state index contributed by atoms with van der Waals surface area (Å²) < 4.78 is 6.96. The fourth-order valence-corrected chi connectivity index (χ4v) is 6.18. The van der Waals surface area contributed by atoms with Gasteiger partial charge in [0.05, 0.1) is 0 Å². The number of rotatable bonds is 2. The van der Waals surface area contributed by atoms with Crippen LogP contribution in [0.25, 0.3) is 0 Å². The number of hydrogen-bond donors (Lipinski definition) is 0. The van der Waals surface area contributed by atoms with E-state index in [4.69, 9.17) is 4.43 Å². The highest BCUT2D eigenvalue weighted by Gasteiger charge is 2.45. The zero-order chi connectivity index (χ0) is 18.6. The Morgan fingerprint density at radius 1 is 1.24 bits per heavy atom. The van der Waals surface area contributed by atoms with Gasteiger partial charge in [-0.05, 0) is 74.6 Å². The van der Waals surface area contributed by atoms with Crippen LogP contribution in [0.15, 0.2) is 22.8 Å². The van der Waals surface area contributed by atoms with Crippen molar-refractivity contribution in [2.75, 3.05) is 0 Å².